The highest BCUT2D eigenvalue weighted by molar-refractivity contribution is 7.89. The van der Waals surface area contributed by atoms with Crippen LogP contribution in [0.5, 0.6) is 0 Å². The van der Waals surface area contributed by atoms with Gasteiger partial charge in [-0.15, -0.1) is 0 Å². The minimum absolute atomic E-state index is 0.181. The van der Waals surface area contributed by atoms with E-state index in [0.717, 1.165) is 31.2 Å². The Morgan fingerprint density at radius 2 is 1.74 bits per heavy atom. The van der Waals surface area contributed by atoms with Crippen molar-refractivity contribution in [3.05, 3.63) is 65.2 Å². The van der Waals surface area contributed by atoms with E-state index < -0.39 is 10.0 Å². The molecule has 0 spiro atoms. The maximum absolute atomic E-state index is 13.1. The number of rotatable bonds is 4. The van der Waals surface area contributed by atoms with Crippen molar-refractivity contribution < 1.29 is 13.2 Å². The first-order valence-corrected chi connectivity index (χ1v) is 11.0. The second-order valence-electron chi connectivity index (χ2n) is 7.34. The summed E-state index contributed by atoms with van der Waals surface area (Å²) in [6.07, 6.45) is 4.97. The van der Waals surface area contributed by atoms with Crippen molar-refractivity contribution in [1.82, 2.24) is 9.62 Å². The Hall–Kier alpha value is -2.18. The quantitative estimate of drug-likeness (QED) is 0.881. The van der Waals surface area contributed by atoms with Gasteiger partial charge in [-0.3, -0.25) is 4.79 Å². The molecule has 0 radical (unpaired) electrons. The Bertz CT molecular complexity index is 949. The average molecular weight is 385 g/mol. The van der Waals surface area contributed by atoms with Crippen molar-refractivity contribution >= 4 is 15.9 Å². The molecule has 142 valence electrons. The monoisotopic (exact) mass is 384 g/mol. The molecule has 1 amide bonds. The van der Waals surface area contributed by atoms with Crippen molar-refractivity contribution in [2.75, 3.05) is 6.54 Å². The smallest absolute Gasteiger partial charge is 0.251 e. The van der Waals surface area contributed by atoms with Crippen LogP contribution in [0.15, 0.2) is 53.4 Å². The minimum atomic E-state index is -3.63. The first kappa shape index (κ1) is 18.2. The molecular weight excluding hydrogens is 360 g/mol. The number of hydrogen-bond donors (Lipinski definition) is 1. The van der Waals surface area contributed by atoms with Gasteiger partial charge in [-0.25, -0.2) is 8.42 Å². The van der Waals surface area contributed by atoms with Gasteiger partial charge in [-0.05, 0) is 48.6 Å². The zero-order valence-corrected chi connectivity index (χ0v) is 16.0. The van der Waals surface area contributed by atoms with E-state index >= 15 is 0 Å². The van der Waals surface area contributed by atoms with E-state index in [9.17, 15) is 13.2 Å². The number of carbonyl (C=O) groups excluding carboxylic acids is 1. The number of nitrogens with one attached hydrogen (secondary N) is 1. The fraction of sp³-hybridized carbons (Fsp3) is 0.381. The fourth-order valence-electron chi connectivity index (χ4n) is 3.96. The summed E-state index contributed by atoms with van der Waals surface area (Å²) in [5.74, 6) is -0.192. The third-order valence-electron chi connectivity index (χ3n) is 5.52. The summed E-state index contributed by atoms with van der Waals surface area (Å²) in [6.45, 7) is 0.828. The maximum atomic E-state index is 13.1. The van der Waals surface area contributed by atoms with Gasteiger partial charge >= 0.3 is 0 Å². The Balaban J connectivity index is 1.54. The van der Waals surface area contributed by atoms with Gasteiger partial charge in [0.2, 0.25) is 10.0 Å². The Kier molecular flexibility index (Phi) is 5.02. The van der Waals surface area contributed by atoms with Crippen LogP contribution in [0.1, 0.15) is 47.2 Å². The predicted molar refractivity (Wildman–Crippen MR) is 104 cm³/mol. The summed E-state index contributed by atoms with van der Waals surface area (Å²) in [4.78, 5) is 12.7. The Morgan fingerprint density at radius 3 is 2.52 bits per heavy atom. The number of benzene rings is 2. The molecule has 0 atom stereocenters. The lowest BCUT2D eigenvalue weighted by Gasteiger charge is -2.28. The molecule has 1 aliphatic heterocycles. The summed E-state index contributed by atoms with van der Waals surface area (Å²) >= 11 is 0. The van der Waals surface area contributed by atoms with Crippen molar-refractivity contribution in [2.24, 2.45) is 0 Å². The molecule has 2 aliphatic rings. The van der Waals surface area contributed by atoms with Gasteiger partial charge in [0.15, 0.2) is 0 Å². The lowest BCUT2D eigenvalue weighted by molar-refractivity contribution is 0.0937. The van der Waals surface area contributed by atoms with Gasteiger partial charge in [0, 0.05) is 24.7 Å². The van der Waals surface area contributed by atoms with Crippen LogP contribution >= 0.6 is 0 Å². The molecule has 2 aromatic rings. The summed E-state index contributed by atoms with van der Waals surface area (Å²) in [5, 5.41) is 3.02. The molecule has 1 aliphatic carbocycles. The summed E-state index contributed by atoms with van der Waals surface area (Å²) in [5.41, 5.74) is 2.65. The van der Waals surface area contributed by atoms with E-state index in [4.69, 9.17) is 0 Å². The van der Waals surface area contributed by atoms with E-state index in [1.54, 1.807) is 18.2 Å². The third kappa shape index (κ3) is 3.77. The molecule has 0 bridgehead atoms. The second kappa shape index (κ2) is 7.44. The summed E-state index contributed by atoms with van der Waals surface area (Å²) in [6, 6.07) is 14.5. The molecule has 1 fully saturated rings. The number of nitrogens with zero attached hydrogens (tertiary/aromatic N) is 1. The highest BCUT2D eigenvalue weighted by atomic mass is 32.2. The van der Waals surface area contributed by atoms with Crippen LogP contribution in [0, 0.1) is 0 Å². The number of fused-ring (bicyclic) bond motifs is 1. The standard InChI is InChI=1S/C21H24N2O3S/c24-21(22-19-9-3-4-10-19)17-8-5-11-20(14-17)27(25,26)23-13-12-16-6-1-2-7-18(16)15-23/h1-2,5-8,11,14,19H,3-4,9-10,12-13,15H2,(H,22,24). The highest BCUT2D eigenvalue weighted by Gasteiger charge is 2.29. The second-order valence-corrected chi connectivity index (χ2v) is 9.28. The van der Waals surface area contributed by atoms with E-state index in [0.29, 0.717) is 25.1 Å². The van der Waals surface area contributed by atoms with Crippen LogP contribution < -0.4 is 5.32 Å². The van der Waals surface area contributed by atoms with Crippen molar-refractivity contribution in [3.8, 4) is 0 Å². The van der Waals surface area contributed by atoms with Crippen LogP contribution in [0.25, 0.3) is 0 Å². The predicted octanol–water partition coefficient (Wildman–Crippen LogP) is 3.11. The van der Waals surface area contributed by atoms with Crippen LogP contribution in [0.2, 0.25) is 0 Å². The average Bonchev–Trinajstić information content (AvgIpc) is 3.20. The SMILES string of the molecule is O=C(NC1CCCC1)c1cccc(S(=O)(=O)N2CCc3ccccc3C2)c1. The minimum Gasteiger partial charge on any atom is -0.349 e. The fourth-order valence-corrected chi connectivity index (χ4v) is 5.43. The molecule has 1 saturated carbocycles. The zero-order chi connectivity index (χ0) is 18.9. The van der Waals surface area contributed by atoms with E-state index in [2.05, 4.69) is 5.32 Å². The molecule has 2 aromatic carbocycles. The Morgan fingerprint density at radius 1 is 1.00 bits per heavy atom. The van der Waals surface area contributed by atoms with Crippen LogP contribution in [-0.4, -0.2) is 31.2 Å². The molecule has 1 N–H and O–H groups in total. The van der Waals surface area contributed by atoms with E-state index in [-0.39, 0.29) is 16.8 Å². The van der Waals surface area contributed by atoms with Gasteiger partial charge in [0.05, 0.1) is 4.90 Å². The molecule has 27 heavy (non-hydrogen) atoms. The maximum Gasteiger partial charge on any atom is 0.251 e. The first-order chi connectivity index (χ1) is 13.0. The number of hydrogen-bond acceptors (Lipinski definition) is 3. The lowest BCUT2D eigenvalue weighted by atomic mass is 10.0. The number of sulfonamides is 1. The van der Waals surface area contributed by atoms with E-state index in [1.807, 2.05) is 24.3 Å². The normalized spacial score (nSPS) is 18.2. The molecule has 5 nitrogen and oxygen atoms in total. The third-order valence-corrected chi connectivity index (χ3v) is 7.36. The molecule has 0 aromatic heterocycles. The largest absolute Gasteiger partial charge is 0.349 e. The molecular formula is C21H24N2O3S. The summed E-state index contributed by atoms with van der Waals surface area (Å²) in [7, 11) is -3.63. The highest BCUT2D eigenvalue weighted by Crippen LogP contribution is 2.25. The van der Waals surface area contributed by atoms with Crippen LogP contribution in [0.4, 0.5) is 0 Å². The molecule has 1 heterocycles. The van der Waals surface area contributed by atoms with Crippen LogP contribution in [0.3, 0.4) is 0 Å². The molecule has 6 heteroatoms. The van der Waals surface area contributed by atoms with E-state index in [1.165, 1.54) is 15.9 Å². The van der Waals surface area contributed by atoms with Gasteiger partial charge < -0.3 is 5.32 Å². The van der Waals surface area contributed by atoms with Crippen molar-refractivity contribution in [3.63, 3.8) is 0 Å². The van der Waals surface area contributed by atoms with Crippen LogP contribution in [-0.2, 0) is 23.0 Å². The molecule has 0 unspecified atom stereocenters. The molecule has 0 saturated heterocycles. The zero-order valence-electron chi connectivity index (χ0n) is 15.2. The lowest BCUT2D eigenvalue weighted by Crippen LogP contribution is -2.36. The number of carbonyl (C=O) groups is 1. The van der Waals surface area contributed by atoms with Crippen molar-refractivity contribution in [2.45, 2.75) is 49.6 Å². The Labute approximate surface area is 160 Å². The molecule has 4 rings (SSSR count). The summed E-state index contributed by atoms with van der Waals surface area (Å²) < 4.78 is 27.7. The van der Waals surface area contributed by atoms with Gasteiger partial charge in [0.1, 0.15) is 0 Å². The topological polar surface area (TPSA) is 66.5 Å². The van der Waals surface area contributed by atoms with Gasteiger partial charge in [-0.2, -0.15) is 4.31 Å². The van der Waals surface area contributed by atoms with Gasteiger partial charge in [-0.1, -0.05) is 43.2 Å². The number of amides is 1. The van der Waals surface area contributed by atoms with Gasteiger partial charge in [0.25, 0.3) is 5.91 Å². The first-order valence-electron chi connectivity index (χ1n) is 9.52. The van der Waals surface area contributed by atoms with Crippen molar-refractivity contribution in [1.29, 1.82) is 0 Å².